The van der Waals surface area contributed by atoms with Crippen LogP contribution >= 0.6 is 12.4 Å². The number of imidazole rings is 1. The SMILES string of the molecule is CN1CCC(N(C)S(=O)(=O)c2ccc3c(c2)nc(COc2ccc(C(=N)N)cc2)n3C)CC1.Cl. The molecule has 2 heterocycles. The number of aromatic nitrogens is 2. The van der Waals surface area contributed by atoms with Gasteiger partial charge in [0.15, 0.2) is 0 Å². The van der Waals surface area contributed by atoms with Gasteiger partial charge in [0.05, 0.1) is 15.9 Å². The third-order valence-corrected chi connectivity index (χ3v) is 8.26. The van der Waals surface area contributed by atoms with Gasteiger partial charge in [0.2, 0.25) is 10.0 Å². The van der Waals surface area contributed by atoms with Gasteiger partial charge in [0, 0.05) is 25.7 Å². The number of ether oxygens (including phenoxy) is 1. The van der Waals surface area contributed by atoms with Crippen LogP contribution in [0.4, 0.5) is 0 Å². The van der Waals surface area contributed by atoms with E-state index in [0.717, 1.165) is 31.4 Å². The van der Waals surface area contributed by atoms with E-state index in [1.165, 1.54) is 4.31 Å². The van der Waals surface area contributed by atoms with Crippen molar-refractivity contribution in [2.45, 2.75) is 30.4 Å². The van der Waals surface area contributed by atoms with Crippen molar-refractivity contribution in [3.05, 3.63) is 53.9 Å². The lowest BCUT2D eigenvalue weighted by atomic mass is 10.1. The van der Waals surface area contributed by atoms with Crippen LogP contribution in [0.1, 0.15) is 24.2 Å². The standard InChI is InChI=1S/C23H30N6O3S.ClH/c1-27-12-10-17(11-13-27)29(3)33(30,31)19-8-9-21-20(14-19)26-22(28(21)2)15-32-18-6-4-16(5-7-18)23(24)25;/h4-9,14,17H,10-13,15H2,1-3H3,(H3,24,25);1H. The molecule has 2 aromatic carbocycles. The van der Waals surface area contributed by atoms with Crippen LogP contribution in [0.2, 0.25) is 0 Å². The van der Waals surface area contributed by atoms with Gasteiger partial charge in [0.25, 0.3) is 0 Å². The number of nitrogens with one attached hydrogen (secondary N) is 1. The summed E-state index contributed by atoms with van der Waals surface area (Å²) in [5.74, 6) is 1.32. The second-order valence-electron chi connectivity index (χ2n) is 8.52. The fourth-order valence-electron chi connectivity index (χ4n) is 4.12. The fraction of sp³-hybridized carbons (Fsp3) is 0.391. The van der Waals surface area contributed by atoms with Crippen molar-refractivity contribution in [2.75, 3.05) is 27.2 Å². The number of fused-ring (bicyclic) bond motifs is 1. The van der Waals surface area contributed by atoms with Gasteiger partial charge in [-0.15, -0.1) is 12.4 Å². The maximum absolute atomic E-state index is 13.3. The molecule has 0 bridgehead atoms. The normalized spacial score (nSPS) is 15.4. The molecule has 9 nitrogen and oxygen atoms in total. The van der Waals surface area contributed by atoms with Gasteiger partial charge < -0.3 is 19.9 Å². The Kier molecular flexibility index (Phi) is 7.87. The van der Waals surface area contributed by atoms with Gasteiger partial charge in [-0.1, -0.05) is 0 Å². The Bertz CT molecular complexity index is 1270. The van der Waals surface area contributed by atoms with E-state index in [4.69, 9.17) is 15.9 Å². The first kappa shape index (κ1) is 26.0. The highest BCUT2D eigenvalue weighted by Crippen LogP contribution is 2.26. The molecule has 1 aromatic heterocycles. The summed E-state index contributed by atoms with van der Waals surface area (Å²) in [6.07, 6.45) is 1.65. The molecule has 0 unspecified atom stereocenters. The molecule has 0 saturated carbocycles. The summed E-state index contributed by atoms with van der Waals surface area (Å²) >= 11 is 0. The van der Waals surface area contributed by atoms with E-state index in [0.29, 0.717) is 22.7 Å². The molecule has 0 atom stereocenters. The molecular formula is C23H31ClN6O3S. The molecule has 1 aliphatic rings. The number of likely N-dealkylation sites (tertiary alicyclic amines) is 1. The Morgan fingerprint density at radius 3 is 2.44 bits per heavy atom. The van der Waals surface area contributed by atoms with Crippen LogP contribution in [-0.2, 0) is 23.7 Å². The highest BCUT2D eigenvalue weighted by atomic mass is 35.5. The largest absolute Gasteiger partial charge is 0.486 e. The fourth-order valence-corrected chi connectivity index (χ4v) is 5.56. The lowest BCUT2D eigenvalue weighted by molar-refractivity contribution is 0.197. The molecule has 1 fully saturated rings. The molecule has 1 aliphatic heterocycles. The van der Waals surface area contributed by atoms with Crippen LogP contribution in [0.3, 0.4) is 0 Å². The average molecular weight is 507 g/mol. The van der Waals surface area contributed by atoms with Crippen LogP contribution < -0.4 is 10.5 Å². The molecule has 0 radical (unpaired) electrons. The minimum Gasteiger partial charge on any atom is -0.486 e. The van der Waals surface area contributed by atoms with E-state index in [2.05, 4.69) is 16.9 Å². The molecule has 0 spiro atoms. The molecule has 0 amide bonds. The number of benzene rings is 2. The molecule has 34 heavy (non-hydrogen) atoms. The van der Waals surface area contributed by atoms with Crippen LogP contribution in [0.15, 0.2) is 47.4 Å². The highest BCUT2D eigenvalue weighted by Gasteiger charge is 2.30. The van der Waals surface area contributed by atoms with Crippen molar-refractivity contribution in [1.29, 1.82) is 5.41 Å². The number of amidine groups is 1. The first-order chi connectivity index (χ1) is 15.7. The van der Waals surface area contributed by atoms with Gasteiger partial charge in [0.1, 0.15) is 24.0 Å². The molecule has 3 N–H and O–H groups in total. The summed E-state index contributed by atoms with van der Waals surface area (Å²) in [5.41, 5.74) is 7.56. The topological polar surface area (TPSA) is 118 Å². The number of hydrogen-bond donors (Lipinski definition) is 2. The van der Waals surface area contributed by atoms with Gasteiger partial charge in [-0.2, -0.15) is 4.31 Å². The molecule has 11 heteroatoms. The van der Waals surface area contributed by atoms with Crippen LogP contribution in [-0.4, -0.2) is 66.2 Å². The van der Waals surface area contributed by atoms with Crippen molar-refractivity contribution < 1.29 is 13.2 Å². The number of piperidine rings is 1. The Hall–Kier alpha value is -2.66. The predicted molar refractivity (Wildman–Crippen MR) is 135 cm³/mol. The van der Waals surface area contributed by atoms with Crippen LogP contribution in [0.25, 0.3) is 11.0 Å². The van der Waals surface area contributed by atoms with Gasteiger partial charge in [-0.3, -0.25) is 5.41 Å². The molecule has 184 valence electrons. The van der Waals surface area contributed by atoms with Crippen molar-refractivity contribution in [3.63, 3.8) is 0 Å². The highest BCUT2D eigenvalue weighted by molar-refractivity contribution is 7.89. The summed E-state index contributed by atoms with van der Waals surface area (Å²) in [6.45, 7) is 2.01. The van der Waals surface area contributed by atoms with E-state index in [1.54, 1.807) is 49.5 Å². The van der Waals surface area contributed by atoms with Gasteiger partial charge in [-0.05, 0) is 75.4 Å². The summed E-state index contributed by atoms with van der Waals surface area (Å²) in [4.78, 5) is 7.10. The quantitative estimate of drug-likeness (QED) is 0.375. The Balaban J connectivity index is 0.00000324. The summed E-state index contributed by atoms with van der Waals surface area (Å²) < 4.78 is 35.8. The summed E-state index contributed by atoms with van der Waals surface area (Å²) in [5, 5.41) is 7.46. The van der Waals surface area contributed by atoms with Crippen LogP contribution in [0.5, 0.6) is 5.75 Å². The Labute approximate surface area is 206 Å². The minimum absolute atomic E-state index is 0. The monoisotopic (exact) mass is 506 g/mol. The number of rotatable bonds is 7. The predicted octanol–water partition coefficient (Wildman–Crippen LogP) is 2.57. The van der Waals surface area contributed by atoms with Crippen molar-refractivity contribution >= 4 is 39.3 Å². The number of nitrogen functional groups attached to an aromatic ring is 1. The zero-order valence-corrected chi connectivity index (χ0v) is 21.2. The van der Waals surface area contributed by atoms with Crippen LogP contribution in [0, 0.1) is 5.41 Å². The first-order valence-corrected chi connectivity index (χ1v) is 12.3. The molecule has 3 aromatic rings. The lowest BCUT2D eigenvalue weighted by Gasteiger charge is -2.34. The summed E-state index contributed by atoms with van der Waals surface area (Å²) in [7, 11) is 2.00. The van der Waals surface area contributed by atoms with Crippen molar-refractivity contribution in [1.82, 2.24) is 18.8 Å². The number of sulfonamides is 1. The van der Waals surface area contributed by atoms with E-state index >= 15 is 0 Å². The smallest absolute Gasteiger partial charge is 0.243 e. The number of hydrogen-bond acceptors (Lipinski definition) is 6. The number of halogens is 1. The zero-order chi connectivity index (χ0) is 23.8. The molecule has 0 aliphatic carbocycles. The Morgan fingerprint density at radius 1 is 1.18 bits per heavy atom. The van der Waals surface area contributed by atoms with Crippen molar-refractivity contribution in [2.24, 2.45) is 12.8 Å². The Morgan fingerprint density at radius 2 is 1.82 bits per heavy atom. The number of nitrogens with two attached hydrogens (primary N) is 1. The van der Waals surface area contributed by atoms with Gasteiger partial charge in [-0.25, -0.2) is 13.4 Å². The number of nitrogens with zero attached hydrogens (tertiary/aromatic N) is 4. The van der Waals surface area contributed by atoms with E-state index in [-0.39, 0.29) is 35.8 Å². The zero-order valence-electron chi connectivity index (χ0n) is 19.6. The van der Waals surface area contributed by atoms with E-state index < -0.39 is 10.0 Å². The maximum Gasteiger partial charge on any atom is 0.243 e. The first-order valence-electron chi connectivity index (χ1n) is 10.9. The third-order valence-electron chi connectivity index (χ3n) is 6.36. The molecule has 4 rings (SSSR count). The lowest BCUT2D eigenvalue weighted by Crippen LogP contribution is -2.44. The summed E-state index contributed by atoms with van der Waals surface area (Å²) in [6, 6.07) is 12.0. The number of aryl methyl sites for hydroxylation is 1. The van der Waals surface area contributed by atoms with Gasteiger partial charge >= 0.3 is 0 Å². The minimum atomic E-state index is -3.61. The average Bonchev–Trinajstić information content (AvgIpc) is 3.12. The van der Waals surface area contributed by atoms with E-state index in [9.17, 15) is 8.42 Å². The second kappa shape index (κ2) is 10.3. The second-order valence-corrected chi connectivity index (χ2v) is 10.5. The van der Waals surface area contributed by atoms with Crippen molar-refractivity contribution in [3.8, 4) is 5.75 Å². The third kappa shape index (κ3) is 5.20. The van der Waals surface area contributed by atoms with E-state index in [1.807, 2.05) is 11.6 Å². The maximum atomic E-state index is 13.3. The molecule has 1 saturated heterocycles. The molecular weight excluding hydrogens is 476 g/mol.